The van der Waals surface area contributed by atoms with E-state index in [1.807, 2.05) is 0 Å². The predicted molar refractivity (Wildman–Crippen MR) is 73.5 cm³/mol. The van der Waals surface area contributed by atoms with Gasteiger partial charge in [0.2, 0.25) is 0 Å². The second kappa shape index (κ2) is 4.27. The molecule has 0 fully saturated rings. The van der Waals surface area contributed by atoms with Gasteiger partial charge in [-0.1, -0.05) is 32.9 Å². The first-order valence-electron chi connectivity index (χ1n) is 5.90. The number of rotatable bonds is 0. The number of nitriles is 1. The molecule has 2 unspecified atom stereocenters. The number of para-hydroxylation sites is 1. The Hall–Kier alpha value is -1.14. The first kappa shape index (κ1) is 12.3. The maximum Gasteiger partial charge on any atom is 0.116 e. The van der Waals surface area contributed by atoms with Crippen LogP contribution in [-0.2, 0) is 5.41 Å². The number of nitrogens with zero attached hydrogens (tertiary/aromatic N) is 1. The summed E-state index contributed by atoms with van der Waals surface area (Å²) in [6, 6.07) is 8.90. The molecule has 0 bridgehead atoms. The molecule has 1 aliphatic rings. The molecule has 17 heavy (non-hydrogen) atoms. The van der Waals surface area contributed by atoms with Gasteiger partial charge in [-0.3, -0.25) is 0 Å². The summed E-state index contributed by atoms with van der Waals surface area (Å²) in [5.41, 5.74) is 2.66. The van der Waals surface area contributed by atoms with Gasteiger partial charge in [-0.25, -0.2) is 0 Å². The lowest BCUT2D eigenvalue weighted by Crippen LogP contribution is -2.32. The molecule has 0 spiro atoms. The van der Waals surface area contributed by atoms with Crippen LogP contribution in [0.5, 0.6) is 0 Å². The molecule has 1 aliphatic heterocycles. The molecule has 0 aliphatic carbocycles. The second-order valence-electron chi connectivity index (χ2n) is 5.53. The summed E-state index contributed by atoms with van der Waals surface area (Å²) < 4.78 is 0. The van der Waals surface area contributed by atoms with E-state index >= 15 is 0 Å². The van der Waals surface area contributed by atoms with Crippen LogP contribution in [0.15, 0.2) is 23.1 Å². The molecule has 0 amide bonds. The third-order valence-electron chi connectivity index (χ3n) is 3.04. The first-order valence-corrected chi connectivity index (χ1v) is 6.78. The highest BCUT2D eigenvalue weighted by Gasteiger charge is 2.29. The highest BCUT2D eigenvalue weighted by atomic mass is 32.2. The Morgan fingerprint density at radius 3 is 2.65 bits per heavy atom. The summed E-state index contributed by atoms with van der Waals surface area (Å²) >= 11 is 1.67. The van der Waals surface area contributed by atoms with E-state index in [1.165, 1.54) is 16.1 Å². The predicted octanol–water partition coefficient (Wildman–Crippen LogP) is 3.78. The van der Waals surface area contributed by atoms with Crippen LogP contribution >= 0.6 is 11.8 Å². The molecule has 1 heterocycles. The lowest BCUT2D eigenvalue weighted by Gasteiger charge is -2.33. The minimum atomic E-state index is -0.00211. The standard InChI is InChI=1S/C14H18N2S/c1-9-12(8-15)17-11-7-5-6-10(13(11)16-9)14(2,3)4/h5-7,9,12,16H,1-4H3. The van der Waals surface area contributed by atoms with Crippen molar-refractivity contribution >= 4 is 17.4 Å². The van der Waals surface area contributed by atoms with Crippen LogP contribution in [-0.4, -0.2) is 11.3 Å². The monoisotopic (exact) mass is 246 g/mol. The lowest BCUT2D eigenvalue weighted by atomic mass is 9.85. The summed E-state index contributed by atoms with van der Waals surface area (Å²) in [7, 11) is 0. The average molecular weight is 246 g/mol. The number of thioether (sulfide) groups is 1. The Morgan fingerprint density at radius 1 is 1.35 bits per heavy atom. The van der Waals surface area contributed by atoms with Crippen LogP contribution in [0, 0.1) is 11.3 Å². The van der Waals surface area contributed by atoms with Crippen molar-refractivity contribution in [1.82, 2.24) is 0 Å². The molecule has 2 rings (SSSR count). The fraction of sp³-hybridized carbons (Fsp3) is 0.500. The Morgan fingerprint density at radius 2 is 2.06 bits per heavy atom. The van der Waals surface area contributed by atoms with Crippen molar-refractivity contribution in [2.75, 3.05) is 5.32 Å². The molecule has 2 nitrogen and oxygen atoms in total. The minimum absolute atomic E-state index is 0.00211. The van der Waals surface area contributed by atoms with E-state index in [2.05, 4.69) is 57.3 Å². The van der Waals surface area contributed by atoms with Gasteiger partial charge in [0.15, 0.2) is 0 Å². The summed E-state index contributed by atoms with van der Waals surface area (Å²) in [6.07, 6.45) is 0. The molecule has 0 aromatic heterocycles. The maximum atomic E-state index is 9.11. The third-order valence-corrected chi connectivity index (χ3v) is 4.40. The zero-order valence-corrected chi connectivity index (χ0v) is 11.6. The van der Waals surface area contributed by atoms with Crippen LogP contribution in [0.3, 0.4) is 0 Å². The molecule has 2 atom stereocenters. The van der Waals surface area contributed by atoms with E-state index < -0.39 is 0 Å². The average Bonchev–Trinajstić information content (AvgIpc) is 2.26. The Balaban J connectivity index is 2.48. The number of benzene rings is 1. The molecular weight excluding hydrogens is 228 g/mol. The third kappa shape index (κ3) is 2.28. The number of fused-ring (bicyclic) bond motifs is 1. The fourth-order valence-electron chi connectivity index (χ4n) is 2.08. The van der Waals surface area contributed by atoms with Crippen LogP contribution in [0.1, 0.15) is 33.3 Å². The highest BCUT2D eigenvalue weighted by molar-refractivity contribution is 8.00. The molecule has 3 heteroatoms. The molecule has 0 saturated heterocycles. The molecule has 0 saturated carbocycles. The van der Waals surface area contributed by atoms with Crippen molar-refractivity contribution < 1.29 is 0 Å². The van der Waals surface area contributed by atoms with Gasteiger partial charge in [0.25, 0.3) is 0 Å². The van der Waals surface area contributed by atoms with Crippen LogP contribution in [0.4, 0.5) is 5.69 Å². The molecular formula is C14H18N2S. The van der Waals surface area contributed by atoms with E-state index in [1.54, 1.807) is 11.8 Å². The normalized spacial score (nSPS) is 23.5. The fourth-order valence-corrected chi connectivity index (χ4v) is 3.13. The molecule has 1 N–H and O–H groups in total. The van der Waals surface area contributed by atoms with E-state index in [4.69, 9.17) is 5.26 Å². The number of anilines is 1. The van der Waals surface area contributed by atoms with E-state index in [-0.39, 0.29) is 16.7 Å². The van der Waals surface area contributed by atoms with Crippen molar-refractivity contribution in [2.45, 2.75) is 49.3 Å². The van der Waals surface area contributed by atoms with Crippen molar-refractivity contribution in [1.29, 1.82) is 5.26 Å². The second-order valence-corrected chi connectivity index (χ2v) is 6.71. The summed E-state index contributed by atoms with van der Waals surface area (Å²) in [4.78, 5) is 1.20. The van der Waals surface area contributed by atoms with Crippen LogP contribution in [0.2, 0.25) is 0 Å². The maximum absolute atomic E-state index is 9.11. The van der Waals surface area contributed by atoms with Crippen LogP contribution in [0.25, 0.3) is 0 Å². The largest absolute Gasteiger partial charge is 0.379 e. The van der Waals surface area contributed by atoms with Crippen LogP contribution < -0.4 is 5.32 Å². The van der Waals surface area contributed by atoms with Gasteiger partial charge in [-0.15, -0.1) is 11.8 Å². The topological polar surface area (TPSA) is 35.8 Å². The summed E-state index contributed by atoms with van der Waals surface area (Å²) in [6.45, 7) is 8.73. The van der Waals surface area contributed by atoms with Crippen molar-refractivity contribution in [3.05, 3.63) is 23.8 Å². The highest BCUT2D eigenvalue weighted by Crippen LogP contribution is 2.42. The zero-order chi connectivity index (χ0) is 12.6. The number of hydrogen-bond acceptors (Lipinski definition) is 3. The summed E-state index contributed by atoms with van der Waals surface area (Å²) in [5, 5.41) is 12.6. The number of hydrogen-bond donors (Lipinski definition) is 1. The van der Waals surface area contributed by atoms with Crippen molar-refractivity contribution in [3.63, 3.8) is 0 Å². The Kier molecular flexibility index (Phi) is 3.09. The minimum Gasteiger partial charge on any atom is -0.379 e. The van der Waals surface area contributed by atoms with E-state index in [9.17, 15) is 0 Å². The zero-order valence-electron chi connectivity index (χ0n) is 10.7. The van der Waals surface area contributed by atoms with E-state index in [0.717, 1.165) is 0 Å². The first-order chi connectivity index (χ1) is 7.93. The van der Waals surface area contributed by atoms with Gasteiger partial charge in [0.1, 0.15) is 5.25 Å². The molecule has 1 aromatic carbocycles. The van der Waals surface area contributed by atoms with E-state index in [0.29, 0.717) is 0 Å². The quantitative estimate of drug-likeness (QED) is 0.756. The Labute approximate surface area is 107 Å². The Bertz CT molecular complexity index is 468. The van der Waals surface area contributed by atoms with Gasteiger partial charge in [-0.2, -0.15) is 5.26 Å². The molecule has 1 aromatic rings. The summed E-state index contributed by atoms with van der Waals surface area (Å²) in [5.74, 6) is 0. The van der Waals surface area contributed by atoms with Gasteiger partial charge in [0.05, 0.1) is 11.8 Å². The van der Waals surface area contributed by atoms with Gasteiger partial charge >= 0.3 is 0 Å². The SMILES string of the molecule is CC1Nc2c(cccc2C(C)(C)C)SC1C#N. The van der Waals surface area contributed by atoms with Gasteiger partial charge < -0.3 is 5.32 Å². The van der Waals surface area contributed by atoms with Crippen molar-refractivity contribution in [3.8, 4) is 6.07 Å². The lowest BCUT2D eigenvalue weighted by molar-refractivity contribution is 0.588. The van der Waals surface area contributed by atoms with Gasteiger partial charge in [-0.05, 0) is 24.0 Å². The molecule has 90 valence electrons. The smallest absolute Gasteiger partial charge is 0.116 e. The molecule has 0 radical (unpaired) electrons. The number of nitrogens with one attached hydrogen (secondary N) is 1. The van der Waals surface area contributed by atoms with Crippen molar-refractivity contribution in [2.24, 2.45) is 0 Å². The van der Waals surface area contributed by atoms with Gasteiger partial charge in [0, 0.05) is 10.9 Å².